The summed E-state index contributed by atoms with van der Waals surface area (Å²) in [6, 6.07) is 14.2. The van der Waals surface area contributed by atoms with E-state index in [1.807, 2.05) is 48.5 Å². The van der Waals surface area contributed by atoms with Crippen molar-refractivity contribution >= 4 is 18.0 Å². The van der Waals surface area contributed by atoms with Crippen LogP contribution in [0.2, 0.25) is 0 Å². The fraction of sp³-hybridized carbons (Fsp3) is 0.423. The molecule has 0 aromatic heterocycles. The van der Waals surface area contributed by atoms with Crippen LogP contribution in [0.5, 0.6) is 0 Å². The van der Waals surface area contributed by atoms with Crippen molar-refractivity contribution in [3.05, 3.63) is 59.7 Å². The fourth-order valence-electron chi connectivity index (χ4n) is 4.65. The Bertz CT molecular complexity index is 1070. The molecule has 1 aliphatic carbocycles. The van der Waals surface area contributed by atoms with E-state index in [4.69, 9.17) is 14.2 Å². The average molecular weight is 483 g/mol. The molecule has 9 heteroatoms. The Morgan fingerprint density at radius 3 is 2.29 bits per heavy atom. The Morgan fingerprint density at radius 1 is 1.11 bits per heavy atom. The van der Waals surface area contributed by atoms with Gasteiger partial charge < -0.3 is 30.0 Å². The number of amides is 2. The van der Waals surface area contributed by atoms with E-state index in [1.54, 1.807) is 6.92 Å². The summed E-state index contributed by atoms with van der Waals surface area (Å²) in [6.45, 7) is 3.30. The van der Waals surface area contributed by atoms with Gasteiger partial charge in [-0.05, 0) is 36.1 Å². The summed E-state index contributed by atoms with van der Waals surface area (Å²) in [5.41, 5.74) is 3.12. The average Bonchev–Trinajstić information content (AvgIpc) is 3.39. The summed E-state index contributed by atoms with van der Waals surface area (Å²) >= 11 is 0. The molecule has 0 radical (unpaired) electrons. The molecule has 1 saturated heterocycles. The minimum atomic E-state index is -1.26. The number of hydrogen-bond acceptors (Lipinski definition) is 6. The van der Waals surface area contributed by atoms with Crippen molar-refractivity contribution in [1.82, 2.24) is 10.6 Å². The van der Waals surface area contributed by atoms with E-state index in [-0.39, 0.29) is 25.7 Å². The zero-order chi connectivity index (χ0) is 25.2. The third-order valence-corrected chi connectivity index (χ3v) is 7.00. The highest BCUT2D eigenvalue weighted by Crippen LogP contribution is 2.44. The van der Waals surface area contributed by atoms with Gasteiger partial charge in [-0.15, -0.1) is 0 Å². The van der Waals surface area contributed by atoms with Gasteiger partial charge >= 0.3 is 12.1 Å². The van der Waals surface area contributed by atoms with Crippen molar-refractivity contribution in [2.45, 2.75) is 38.0 Å². The van der Waals surface area contributed by atoms with E-state index in [0.717, 1.165) is 22.3 Å². The van der Waals surface area contributed by atoms with E-state index in [1.165, 1.54) is 14.0 Å². The molecular weight excluding hydrogens is 452 g/mol. The minimum absolute atomic E-state index is 0.0163. The molecule has 186 valence electrons. The van der Waals surface area contributed by atoms with E-state index in [9.17, 15) is 19.5 Å². The molecule has 3 N–H and O–H groups in total. The third kappa shape index (κ3) is 4.74. The molecular formula is C26H30N2O7. The standard InChI is InChI=1S/C26H30N2O7/c1-15(33-3)22(23(29)27-21-13-34-14-26(21,2)24(30)31)28-25(32)35-12-20-18-10-6-4-8-16(18)17-9-5-7-11-19(17)20/h4-11,15,20-22H,12-14H2,1-3H3,(H,27,29)(H,28,32)(H,30,31). The van der Waals surface area contributed by atoms with E-state index in [0.29, 0.717) is 0 Å². The molecule has 35 heavy (non-hydrogen) atoms. The predicted octanol–water partition coefficient (Wildman–Crippen LogP) is 2.53. The lowest BCUT2D eigenvalue weighted by molar-refractivity contribution is -0.149. The fourth-order valence-corrected chi connectivity index (χ4v) is 4.65. The second-order valence-corrected chi connectivity index (χ2v) is 9.19. The Hall–Kier alpha value is -3.43. The first-order chi connectivity index (χ1) is 16.8. The predicted molar refractivity (Wildman–Crippen MR) is 127 cm³/mol. The van der Waals surface area contributed by atoms with Gasteiger partial charge in [-0.3, -0.25) is 9.59 Å². The van der Waals surface area contributed by atoms with Gasteiger partial charge in [-0.1, -0.05) is 48.5 Å². The van der Waals surface area contributed by atoms with Crippen LogP contribution in [-0.4, -0.2) is 68.2 Å². The zero-order valence-corrected chi connectivity index (χ0v) is 19.9. The van der Waals surface area contributed by atoms with Gasteiger partial charge in [0.25, 0.3) is 0 Å². The highest BCUT2D eigenvalue weighted by molar-refractivity contribution is 5.87. The quantitative estimate of drug-likeness (QED) is 0.528. The van der Waals surface area contributed by atoms with Crippen LogP contribution in [0.1, 0.15) is 30.9 Å². The van der Waals surface area contributed by atoms with Crippen molar-refractivity contribution in [3.8, 4) is 11.1 Å². The summed E-state index contributed by atoms with van der Waals surface area (Å²) in [4.78, 5) is 37.5. The smallest absolute Gasteiger partial charge is 0.407 e. The molecule has 9 nitrogen and oxygen atoms in total. The Balaban J connectivity index is 1.43. The molecule has 0 spiro atoms. The van der Waals surface area contributed by atoms with Crippen LogP contribution in [0.25, 0.3) is 11.1 Å². The van der Waals surface area contributed by atoms with Crippen molar-refractivity contribution in [1.29, 1.82) is 0 Å². The second-order valence-electron chi connectivity index (χ2n) is 9.19. The van der Waals surface area contributed by atoms with Crippen LogP contribution in [0.15, 0.2) is 48.5 Å². The van der Waals surface area contributed by atoms with Gasteiger partial charge in [-0.2, -0.15) is 0 Å². The minimum Gasteiger partial charge on any atom is -0.481 e. The van der Waals surface area contributed by atoms with Gasteiger partial charge in [0.1, 0.15) is 18.1 Å². The number of rotatable bonds is 8. The molecule has 1 heterocycles. The zero-order valence-electron chi connectivity index (χ0n) is 19.9. The number of carboxylic acids is 1. The van der Waals surface area contributed by atoms with Crippen LogP contribution in [0, 0.1) is 5.41 Å². The topological polar surface area (TPSA) is 123 Å². The van der Waals surface area contributed by atoms with Gasteiger partial charge in [0, 0.05) is 13.0 Å². The van der Waals surface area contributed by atoms with Crippen LogP contribution >= 0.6 is 0 Å². The highest BCUT2D eigenvalue weighted by atomic mass is 16.5. The lowest BCUT2D eigenvalue weighted by Crippen LogP contribution is -2.58. The number of carbonyl (C=O) groups is 3. The highest BCUT2D eigenvalue weighted by Gasteiger charge is 2.48. The third-order valence-electron chi connectivity index (χ3n) is 7.00. The molecule has 4 rings (SSSR count). The summed E-state index contributed by atoms with van der Waals surface area (Å²) in [5, 5.41) is 14.8. The van der Waals surface area contributed by atoms with Gasteiger partial charge in [0.05, 0.1) is 25.4 Å². The lowest BCUT2D eigenvalue weighted by Gasteiger charge is -2.29. The number of carboxylic acid groups (broad SMARTS) is 1. The number of nitrogens with one attached hydrogen (secondary N) is 2. The van der Waals surface area contributed by atoms with Crippen LogP contribution in [0.4, 0.5) is 4.79 Å². The number of fused-ring (bicyclic) bond motifs is 3. The Kier molecular flexibility index (Phi) is 7.09. The maximum absolute atomic E-state index is 13.0. The van der Waals surface area contributed by atoms with E-state index >= 15 is 0 Å². The molecule has 1 fully saturated rings. The monoisotopic (exact) mass is 482 g/mol. The van der Waals surface area contributed by atoms with Crippen molar-refractivity contribution in [2.24, 2.45) is 5.41 Å². The van der Waals surface area contributed by atoms with Crippen molar-refractivity contribution in [2.75, 3.05) is 26.9 Å². The first kappa shape index (κ1) is 24.7. The number of ether oxygens (including phenoxy) is 3. The van der Waals surface area contributed by atoms with Crippen LogP contribution < -0.4 is 10.6 Å². The van der Waals surface area contributed by atoms with Gasteiger partial charge in [-0.25, -0.2) is 4.79 Å². The Labute approximate surface area is 203 Å². The van der Waals surface area contributed by atoms with Gasteiger partial charge in [0.15, 0.2) is 0 Å². The first-order valence-electron chi connectivity index (χ1n) is 11.5. The molecule has 4 atom stereocenters. The SMILES string of the molecule is COC(C)C(NC(=O)OCC1c2ccccc2-c2ccccc21)C(=O)NC1COCC1(C)C(=O)O. The largest absolute Gasteiger partial charge is 0.481 e. The summed E-state index contributed by atoms with van der Waals surface area (Å²) in [7, 11) is 1.42. The van der Waals surface area contributed by atoms with Crippen molar-refractivity contribution < 1.29 is 33.7 Å². The molecule has 2 aliphatic rings. The number of methoxy groups -OCH3 is 1. The molecule has 2 amide bonds. The summed E-state index contributed by atoms with van der Waals surface area (Å²) in [6.07, 6.45) is -1.45. The number of alkyl carbamates (subject to hydrolysis) is 1. The number of hydrogen-bond donors (Lipinski definition) is 3. The molecule has 1 aliphatic heterocycles. The van der Waals surface area contributed by atoms with Crippen LogP contribution in [-0.2, 0) is 23.8 Å². The molecule has 2 aromatic carbocycles. The summed E-state index contributed by atoms with van der Waals surface area (Å²) in [5.74, 6) is -1.76. The maximum atomic E-state index is 13.0. The number of carbonyl (C=O) groups excluding carboxylic acids is 2. The molecule has 2 aromatic rings. The van der Waals surface area contributed by atoms with E-state index in [2.05, 4.69) is 10.6 Å². The molecule has 0 saturated carbocycles. The maximum Gasteiger partial charge on any atom is 0.407 e. The number of benzene rings is 2. The molecule has 4 unspecified atom stereocenters. The second kappa shape index (κ2) is 10.1. The van der Waals surface area contributed by atoms with E-state index < -0.39 is 41.6 Å². The number of aliphatic carboxylic acids is 1. The lowest BCUT2D eigenvalue weighted by atomic mass is 9.85. The normalized spacial score (nSPS) is 22.5. The molecule has 0 bridgehead atoms. The summed E-state index contributed by atoms with van der Waals surface area (Å²) < 4.78 is 16.1. The van der Waals surface area contributed by atoms with Crippen molar-refractivity contribution in [3.63, 3.8) is 0 Å². The first-order valence-corrected chi connectivity index (χ1v) is 11.5. The van der Waals surface area contributed by atoms with Gasteiger partial charge in [0.2, 0.25) is 5.91 Å². The van der Waals surface area contributed by atoms with Crippen LogP contribution in [0.3, 0.4) is 0 Å². The Morgan fingerprint density at radius 2 is 1.71 bits per heavy atom.